The average molecular weight is 357 g/mol. The molecule has 3 aromatic rings. The quantitative estimate of drug-likeness (QED) is 0.596. The summed E-state index contributed by atoms with van der Waals surface area (Å²) in [4.78, 5) is 9.27. The minimum atomic E-state index is 0.554. The molecule has 0 bridgehead atoms. The molecular formula is C19H21ClN4O. The largest absolute Gasteiger partial charge is 0.385 e. The summed E-state index contributed by atoms with van der Waals surface area (Å²) in [5.74, 6) is 1.37. The van der Waals surface area contributed by atoms with Gasteiger partial charge >= 0.3 is 0 Å². The van der Waals surface area contributed by atoms with Gasteiger partial charge in [-0.15, -0.1) is 0 Å². The molecule has 5 nitrogen and oxygen atoms in total. The molecule has 0 saturated heterocycles. The fourth-order valence-corrected chi connectivity index (χ4v) is 2.80. The summed E-state index contributed by atoms with van der Waals surface area (Å²) >= 11 is 6.03. The van der Waals surface area contributed by atoms with E-state index in [1.807, 2.05) is 49.4 Å². The van der Waals surface area contributed by atoms with E-state index in [-0.39, 0.29) is 0 Å². The van der Waals surface area contributed by atoms with E-state index in [1.165, 1.54) is 0 Å². The number of hydrogen-bond donors (Lipinski definition) is 2. The minimum Gasteiger partial charge on any atom is -0.385 e. The van der Waals surface area contributed by atoms with Crippen molar-refractivity contribution in [2.45, 2.75) is 13.3 Å². The number of ether oxygens (including phenoxy) is 1. The maximum atomic E-state index is 6.03. The zero-order valence-corrected chi connectivity index (χ0v) is 15.1. The first-order valence-corrected chi connectivity index (χ1v) is 8.58. The van der Waals surface area contributed by atoms with E-state index >= 15 is 0 Å². The highest BCUT2D eigenvalue weighted by molar-refractivity contribution is 6.30. The Labute approximate surface area is 152 Å². The Hall–Kier alpha value is -2.37. The number of hydrogen-bond acceptors (Lipinski definition) is 5. The standard InChI is InChI=1S/C19H21ClN4O/c1-13-12-14(20)8-9-16(13)22-19-23-17-7-4-3-6-15(17)18(24-19)21-10-5-11-25-2/h3-4,6-9,12H,5,10-11H2,1-2H3,(H2,21,22,23,24). The fourth-order valence-electron chi connectivity index (χ4n) is 2.58. The molecule has 0 atom stereocenters. The molecule has 130 valence electrons. The van der Waals surface area contributed by atoms with Gasteiger partial charge in [-0.2, -0.15) is 4.98 Å². The predicted octanol–water partition coefficient (Wildman–Crippen LogP) is 4.78. The molecular weight excluding hydrogens is 336 g/mol. The Morgan fingerprint density at radius 2 is 1.96 bits per heavy atom. The van der Waals surface area contributed by atoms with Gasteiger partial charge in [-0.1, -0.05) is 23.7 Å². The summed E-state index contributed by atoms with van der Waals surface area (Å²) in [6.07, 6.45) is 0.911. The highest BCUT2D eigenvalue weighted by Crippen LogP contribution is 2.26. The van der Waals surface area contributed by atoms with Gasteiger partial charge in [0.25, 0.3) is 0 Å². The third-order valence-corrected chi connectivity index (χ3v) is 4.09. The highest BCUT2D eigenvalue weighted by atomic mass is 35.5. The number of anilines is 3. The van der Waals surface area contributed by atoms with Crippen LogP contribution in [0.15, 0.2) is 42.5 Å². The van der Waals surface area contributed by atoms with Crippen LogP contribution in [0.5, 0.6) is 0 Å². The number of nitrogens with one attached hydrogen (secondary N) is 2. The minimum absolute atomic E-state index is 0.554. The lowest BCUT2D eigenvalue weighted by atomic mass is 10.2. The second-order valence-corrected chi connectivity index (χ2v) is 6.21. The maximum Gasteiger partial charge on any atom is 0.229 e. The zero-order chi connectivity index (χ0) is 17.6. The molecule has 2 N–H and O–H groups in total. The molecule has 3 rings (SSSR count). The molecule has 1 heterocycles. The maximum absolute atomic E-state index is 6.03. The summed E-state index contributed by atoms with van der Waals surface area (Å²) in [5.41, 5.74) is 2.87. The van der Waals surface area contributed by atoms with Crippen molar-refractivity contribution in [3.05, 3.63) is 53.1 Å². The third kappa shape index (κ3) is 4.38. The fraction of sp³-hybridized carbons (Fsp3) is 0.263. The van der Waals surface area contributed by atoms with Crippen LogP contribution in [0.3, 0.4) is 0 Å². The van der Waals surface area contributed by atoms with Crippen molar-refractivity contribution in [2.75, 3.05) is 30.9 Å². The van der Waals surface area contributed by atoms with Gasteiger partial charge in [0.15, 0.2) is 0 Å². The van der Waals surface area contributed by atoms with Crippen LogP contribution in [0.1, 0.15) is 12.0 Å². The first-order chi connectivity index (χ1) is 12.2. The van der Waals surface area contributed by atoms with E-state index < -0.39 is 0 Å². The molecule has 0 radical (unpaired) electrons. The van der Waals surface area contributed by atoms with Crippen molar-refractivity contribution in [1.82, 2.24) is 9.97 Å². The van der Waals surface area contributed by atoms with Gasteiger partial charge in [-0.05, 0) is 49.2 Å². The molecule has 0 aliphatic rings. The molecule has 0 aliphatic carbocycles. The molecule has 6 heteroatoms. The molecule has 25 heavy (non-hydrogen) atoms. The van der Waals surface area contributed by atoms with Gasteiger partial charge in [-0.25, -0.2) is 4.98 Å². The summed E-state index contributed by atoms with van der Waals surface area (Å²) in [6, 6.07) is 13.7. The lowest BCUT2D eigenvalue weighted by Gasteiger charge is -2.13. The summed E-state index contributed by atoms with van der Waals surface area (Å²) in [7, 11) is 1.70. The van der Waals surface area contributed by atoms with Crippen LogP contribution in [0.4, 0.5) is 17.5 Å². The number of halogens is 1. The second-order valence-electron chi connectivity index (χ2n) is 5.77. The van der Waals surface area contributed by atoms with Gasteiger partial charge in [0.1, 0.15) is 5.82 Å². The first-order valence-electron chi connectivity index (χ1n) is 8.20. The van der Waals surface area contributed by atoms with Crippen LogP contribution >= 0.6 is 11.6 Å². The van der Waals surface area contributed by atoms with Gasteiger partial charge < -0.3 is 15.4 Å². The summed E-state index contributed by atoms with van der Waals surface area (Å²) < 4.78 is 5.10. The predicted molar refractivity (Wildman–Crippen MR) is 104 cm³/mol. The summed E-state index contributed by atoms with van der Waals surface area (Å²) in [5, 5.41) is 8.38. The van der Waals surface area contributed by atoms with Crippen molar-refractivity contribution in [3.8, 4) is 0 Å². The van der Waals surface area contributed by atoms with Gasteiger partial charge in [0, 0.05) is 36.4 Å². The van der Waals surface area contributed by atoms with Crippen LogP contribution in [-0.4, -0.2) is 30.2 Å². The average Bonchev–Trinajstić information content (AvgIpc) is 2.61. The van der Waals surface area contributed by atoms with E-state index in [2.05, 4.69) is 20.6 Å². The van der Waals surface area contributed by atoms with Crippen LogP contribution < -0.4 is 10.6 Å². The van der Waals surface area contributed by atoms with Gasteiger partial charge in [-0.3, -0.25) is 0 Å². The van der Waals surface area contributed by atoms with Crippen molar-refractivity contribution >= 4 is 40.0 Å². The first kappa shape index (κ1) is 17.5. The lowest BCUT2D eigenvalue weighted by Crippen LogP contribution is -2.08. The van der Waals surface area contributed by atoms with E-state index in [1.54, 1.807) is 7.11 Å². The number of aromatic nitrogens is 2. The number of para-hydroxylation sites is 1. The Morgan fingerprint density at radius 1 is 1.12 bits per heavy atom. The van der Waals surface area contributed by atoms with Gasteiger partial charge in [0.05, 0.1) is 5.52 Å². The monoisotopic (exact) mass is 356 g/mol. The van der Waals surface area contributed by atoms with Crippen molar-refractivity contribution in [1.29, 1.82) is 0 Å². The van der Waals surface area contributed by atoms with Crippen LogP contribution in [-0.2, 0) is 4.74 Å². The Balaban J connectivity index is 1.89. The number of benzene rings is 2. The van der Waals surface area contributed by atoms with E-state index in [9.17, 15) is 0 Å². The van der Waals surface area contributed by atoms with E-state index in [0.717, 1.165) is 40.9 Å². The number of rotatable bonds is 7. The normalized spacial score (nSPS) is 10.8. The molecule has 0 spiro atoms. The molecule has 2 aromatic carbocycles. The molecule has 0 unspecified atom stereocenters. The number of fused-ring (bicyclic) bond motifs is 1. The van der Waals surface area contributed by atoms with Crippen LogP contribution in [0.25, 0.3) is 10.9 Å². The highest BCUT2D eigenvalue weighted by Gasteiger charge is 2.08. The van der Waals surface area contributed by atoms with E-state index in [0.29, 0.717) is 17.6 Å². The Kier molecular flexibility index (Phi) is 5.68. The molecule has 0 amide bonds. The van der Waals surface area contributed by atoms with E-state index in [4.69, 9.17) is 16.3 Å². The molecule has 0 fully saturated rings. The summed E-state index contributed by atoms with van der Waals surface area (Å²) in [6.45, 7) is 3.50. The van der Waals surface area contributed by atoms with Crippen molar-refractivity contribution < 1.29 is 4.74 Å². The third-order valence-electron chi connectivity index (χ3n) is 3.86. The van der Waals surface area contributed by atoms with Crippen LogP contribution in [0.2, 0.25) is 5.02 Å². The smallest absolute Gasteiger partial charge is 0.229 e. The number of nitrogens with zero attached hydrogens (tertiary/aromatic N) is 2. The number of aryl methyl sites for hydroxylation is 1. The Morgan fingerprint density at radius 3 is 2.76 bits per heavy atom. The van der Waals surface area contributed by atoms with Gasteiger partial charge in [0.2, 0.25) is 5.95 Å². The molecule has 1 aromatic heterocycles. The molecule has 0 saturated carbocycles. The zero-order valence-electron chi connectivity index (χ0n) is 14.3. The molecule has 0 aliphatic heterocycles. The van der Waals surface area contributed by atoms with Crippen molar-refractivity contribution in [2.24, 2.45) is 0 Å². The second kappa shape index (κ2) is 8.14. The lowest BCUT2D eigenvalue weighted by molar-refractivity contribution is 0.198. The van der Waals surface area contributed by atoms with Crippen LogP contribution in [0, 0.1) is 6.92 Å². The SMILES string of the molecule is COCCCNc1nc(Nc2ccc(Cl)cc2C)nc2ccccc12. The topological polar surface area (TPSA) is 59.1 Å². The van der Waals surface area contributed by atoms with Crippen molar-refractivity contribution in [3.63, 3.8) is 0 Å². The number of methoxy groups -OCH3 is 1. The Bertz CT molecular complexity index is 869.